The maximum atomic E-state index is 13.3. The van der Waals surface area contributed by atoms with Gasteiger partial charge in [0, 0.05) is 12.6 Å². The van der Waals surface area contributed by atoms with Crippen LogP contribution >= 0.6 is 0 Å². The summed E-state index contributed by atoms with van der Waals surface area (Å²) in [6.07, 6.45) is 6.93. The zero-order valence-corrected chi connectivity index (χ0v) is 21.1. The molecule has 2 atom stereocenters. The third-order valence-corrected chi connectivity index (χ3v) is 12.7. The molecule has 6 heteroatoms. The molecule has 1 aromatic rings. The zero-order valence-electron chi connectivity index (χ0n) is 19.3. The molecule has 2 rings (SSSR count). The topological polar surface area (TPSA) is 46.6 Å². The second-order valence-corrected chi connectivity index (χ2v) is 16.3. The van der Waals surface area contributed by atoms with Gasteiger partial charge < -0.3 is 4.43 Å². The Labute approximate surface area is 184 Å². The van der Waals surface area contributed by atoms with Crippen molar-refractivity contribution in [2.24, 2.45) is 0 Å². The molecule has 1 heterocycles. The van der Waals surface area contributed by atoms with Gasteiger partial charge in [0.25, 0.3) is 0 Å². The summed E-state index contributed by atoms with van der Waals surface area (Å²) in [5, 5.41) is 0.109. The van der Waals surface area contributed by atoms with Crippen molar-refractivity contribution >= 4 is 18.3 Å². The van der Waals surface area contributed by atoms with Gasteiger partial charge in [-0.25, -0.2) is 8.42 Å². The van der Waals surface area contributed by atoms with E-state index in [0.29, 0.717) is 17.9 Å². The Balaban J connectivity index is 2.19. The zero-order chi connectivity index (χ0) is 22.7. The molecule has 0 unspecified atom stereocenters. The first-order valence-corrected chi connectivity index (χ1v) is 14.9. The van der Waals surface area contributed by atoms with E-state index in [9.17, 15) is 8.42 Å². The Morgan fingerprint density at radius 3 is 2.33 bits per heavy atom. The molecular weight excluding hydrogens is 410 g/mol. The van der Waals surface area contributed by atoms with Crippen LogP contribution in [-0.4, -0.2) is 39.7 Å². The van der Waals surface area contributed by atoms with E-state index in [4.69, 9.17) is 4.43 Å². The van der Waals surface area contributed by atoms with E-state index in [-0.39, 0.29) is 17.2 Å². The normalized spacial score (nSPS) is 19.4. The summed E-state index contributed by atoms with van der Waals surface area (Å²) in [5.74, 6) is 0. The van der Waals surface area contributed by atoms with Gasteiger partial charge in [0.1, 0.15) is 0 Å². The number of hydrogen-bond acceptors (Lipinski definition) is 3. The standard InChI is InChI=1S/C24H37NO3SSi/c1-9-20-17-21(13-14-22(10-2)28-30(7,8)24(4,5)6)25(18-20)29(26,27)23-15-11-19(3)12-16-23/h9-12,15-17,21-22H,1-2,13-14,18H2,3-8H3/t21-,22+/m1/s1. The Hall–Kier alpha value is -1.47. The number of aryl methyl sites for hydroxylation is 1. The van der Waals surface area contributed by atoms with Crippen molar-refractivity contribution in [3.63, 3.8) is 0 Å². The van der Waals surface area contributed by atoms with Gasteiger partial charge in [-0.2, -0.15) is 4.31 Å². The van der Waals surface area contributed by atoms with E-state index in [1.54, 1.807) is 22.5 Å². The lowest BCUT2D eigenvalue weighted by molar-refractivity contribution is 0.204. The molecule has 30 heavy (non-hydrogen) atoms. The Bertz CT molecular complexity index is 895. The van der Waals surface area contributed by atoms with Crippen LogP contribution in [0.25, 0.3) is 0 Å². The van der Waals surface area contributed by atoms with Crippen LogP contribution in [0, 0.1) is 6.92 Å². The molecule has 0 radical (unpaired) electrons. The molecule has 0 aromatic heterocycles. The average Bonchev–Trinajstić information content (AvgIpc) is 3.08. The quantitative estimate of drug-likeness (QED) is 0.353. The lowest BCUT2D eigenvalue weighted by atomic mass is 10.1. The van der Waals surface area contributed by atoms with Gasteiger partial charge in [0.2, 0.25) is 10.0 Å². The molecule has 0 saturated carbocycles. The Morgan fingerprint density at radius 2 is 1.83 bits per heavy atom. The summed E-state index contributed by atoms with van der Waals surface area (Å²) in [6.45, 7) is 21.2. The minimum Gasteiger partial charge on any atom is -0.411 e. The molecular formula is C24H37NO3SSi. The van der Waals surface area contributed by atoms with Crippen LogP contribution in [0.2, 0.25) is 18.1 Å². The van der Waals surface area contributed by atoms with Crippen molar-refractivity contribution in [2.45, 2.75) is 75.7 Å². The number of nitrogens with zero attached hydrogens (tertiary/aromatic N) is 1. The molecule has 0 N–H and O–H groups in total. The van der Waals surface area contributed by atoms with Gasteiger partial charge in [-0.05, 0) is 55.6 Å². The molecule has 1 aromatic carbocycles. The van der Waals surface area contributed by atoms with Crippen molar-refractivity contribution in [1.29, 1.82) is 0 Å². The van der Waals surface area contributed by atoms with E-state index in [1.165, 1.54) is 0 Å². The first-order chi connectivity index (χ1) is 13.8. The predicted molar refractivity (Wildman–Crippen MR) is 129 cm³/mol. The van der Waals surface area contributed by atoms with Gasteiger partial charge in [-0.3, -0.25) is 0 Å². The highest BCUT2D eigenvalue weighted by molar-refractivity contribution is 7.89. The number of rotatable bonds is 9. The summed E-state index contributed by atoms with van der Waals surface area (Å²) in [7, 11) is -5.52. The third kappa shape index (κ3) is 5.61. The van der Waals surface area contributed by atoms with Crippen LogP contribution in [-0.2, 0) is 14.4 Å². The predicted octanol–water partition coefficient (Wildman–Crippen LogP) is 5.84. The summed E-state index contributed by atoms with van der Waals surface area (Å²) in [4.78, 5) is 0.328. The lowest BCUT2D eigenvalue weighted by Gasteiger charge is -2.39. The second-order valence-electron chi connectivity index (χ2n) is 9.61. The SMILES string of the molecule is C=CC1=C[C@@H](CC[C@H](C=C)O[Si](C)(C)C(C)(C)C)N(S(=O)(=O)c2ccc(C)cc2)C1. The number of hydrogen-bond donors (Lipinski definition) is 0. The van der Waals surface area contributed by atoms with Crippen LogP contribution in [0.15, 0.2) is 66.1 Å². The molecule has 1 aliphatic rings. The van der Waals surface area contributed by atoms with Crippen LogP contribution in [0.3, 0.4) is 0 Å². The van der Waals surface area contributed by atoms with E-state index in [2.05, 4.69) is 47.0 Å². The molecule has 0 amide bonds. The van der Waals surface area contributed by atoms with E-state index in [0.717, 1.165) is 17.6 Å². The summed E-state index contributed by atoms with van der Waals surface area (Å²) in [5.41, 5.74) is 1.98. The van der Waals surface area contributed by atoms with Crippen LogP contribution in [0.1, 0.15) is 39.2 Å². The fourth-order valence-electron chi connectivity index (χ4n) is 3.26. The van der Waals surface area contributed by atoms with Gasteiger partial charge in [-0.15, -0.1) is 6.58 Å². The minimum absolute atomic E-state index is 0.0870. The molecule has 0 fully saturated rings. The fraction of sp³-hybridized carbons (Fsp3) is 0.500. The smallest absolute Gasteiger partial charge is 0.243 e. The monoisotopic (exact) mass is 447 g/mol. The van der Waals surface area contributed by atoms with Crippen molar-refractivity contribution in [1.82, 2.24) is 4.31 Å². The first kappa shape index (κ1) is 24.8. The van der Waals surface area contributed by atoms with Crippen molar-refractivity contribution in [2.75, 3.05) is 6.54 Å². The van der Waals surface area contributed by atoms with Crippen molar-refractivity contribution in [3.8, 4) is 0 Å². The second kappa shape index (κ2) is 9.35. The Kier molecular flexibility index (Phi) is 7.72. The van der Waals surface area contributed by atoms with Gasteiger partial charge in [-0.1, -0.05) is 63.3 Å². The molecule has 0 aliphatic carbocycles. The van der Waals surface area contributed by atoms with E-state index < -0.39 is 18.3 Å². The maximum absolute atomic E-state index is 13.3. The average molecular weight is 448 g/mol. The lowest BCUT2D eigenvalue weighted by Crippen LogP contribution is -2.44. The highest BCUT2D eigenvalue weighted by Crippen LogP contribution is 2.38. The Morgan fingerprint density at radius 1 is 1.23 bits per heavy atom. The molecule has 1 aliphatic heterocycles. The minimum atomic E-state index is -3.59. The first-order valence-electron chi connectivity index (χ1n) is 10.5. The summed E-state index contributed by atoms with van der Waals surface area (Å²) < 4.78 is 34.7. The summed E-state index contributed by atoms with van der Waals surface area (Å²) in [6, 6.07) is 6.82. The number of sulfonamides is 1. The van der Waals surface area contributed by atoms with E-state index in [1.807, 2.05) is 31.2 Å². The van der Waals surface area contributed by atoms with Gasteiger partial charge in [0.15, 0.2) is 8.32 Å². The fourth-order valence-corrected chi connectivity index (χ4v) is 6.18. The molecule has 166 valence electrons. The summed E-state index contributed by atoms with van der Waals surface area (Å²) >= 11 is 0. The van der Waals surface area contributed by atoms with Crippen LogP contribution in [0.5, 0.6) is 0 Å². The van der Waals surface area contributed by atoms with Gasteiger partial charge in [0.05, 0.1) is 11.0 Å². The van der Waals surface area contributed by atoms with E-state index >= 15 is 0 Å². The largest absolute Gasteiger partial charge is 0.411 e. The number of benzene rings is 1. The molecule has 0 bridgehead atoms. The molecule has 0 saturated heterocycles. The van der Waals surface area contributed by atoms with Crippen molar-refractivity contribution < 1.29 is 12.8 Å². The highest BCUT2D eigenvalue weighted by Gasteiger charge is 2.39. The highest BCUT2D eigenvalue weighted by atomic mass is 32.2. The molecule has 4 nitrogen and oxygen atoms in total. The third-order valence-electron chi connectivity index (χ3n) is 6.27. The van der Waals surface area contributed by atoms with Crippen LogP contribution < -0.4 is 0 Å². The van der Waals surface area contributed by atoms with Gasteiger partial charge >= 0.3 is 0 Å². The molecule has 0 spiro atoms. The van der Waals surface area contributed by atoms with Crippen LogP contribution in [0.4, 0.5) is 0 Å². The van der Waals surface area contributed by atoms with Crippen molar-refractivity contribution in [3.05, 3.63) is 66.8 Å². The maximum Gasteiger partial charge on any atom is 0.243 e.